The molecule has 1 amide bonds. The zero-order chi connectivity index (χ0) is 15.4. The molecule has 0 saturated carbocycles. The van der Waals surface area contributed by atoms with Gasteiger partial charge in [-0.2, -0.15) is 0 Å². The Kier molecular flexibility index (Phi) is 4.39. The lowest BCUT2D eigenvalue weighted by atomic mass is 10.2. The molecule has 0 unspecified atom stereocenters. The molecule has 0 saturated heterocycles. The summed E-state index contributed by atoms with van der Waals surface area (Å²) in [5.74, 6) is -1.44. The molecule has 21 heavy (non-hydrogen) atoms. The zero-order valence-corrected chi connectivity index (χ0v) is 11.7. The van der Waals surface area contributed by atoms with E-state index in [0.717, 1.165) is 0 Å². The van der Waals surface area contributed by atoms with Crippen LogP contribution in [0.3, 0.4) is 0 Å². The number of nitrogens with one attached hydrogen (secondary N) is 1. The highest BCUT2D eigenvalue weighted by Gasteiger charge is 2.15. The standard InChI is InChI=1S/C14H11ClN2O4/c1-21-13-9(3-2-6-16-13)12(18)17-11-7-8(14(19)20)4-5-10(11)15/h2-7H,1H3,(H,17,18)(H,19,20). The molecule has 2 N–H and O–H groups in total. The van der Waals surface area contributed by atoms with Gasteiger partial charge in [0.2, 0.25) is 5.88 Å². The fourth-order valence-electron chi connectivity index (χ4n) is 1.67. The molecule has 1 heterocycles. The second-order valence-electron chi connectivity index (χ2n) is 4.01. The first-order valence-corrected chi connectivity index (χ1v) is 6.24. The van der Waals surface area contributed by atoms with Gasteiger partial charge < -0.3 is 15.2 Å². The number of halogens is 1. The van der Waals surface area contributed by atoms with E-state index in [-0.39, 0.29) is 27.7 Å². The number of benzene rings is 1. The molecular weight excluding hydrogens is 296 g/mol. The van der Waals surface area contributed by atoms with Gasteiger partial charge >= 0.3 is 5.97 Å². The summed E-state index contributed by atoms with van der Waals surface area (Å²) < 4.78 is 5.00. The fourth-order valence-corrected chi connectivity index (χ4v) is 1.83. The van der Waals surface area contributed by atoms with E-state index in [2.05, 4.69) is 10.3 Å². The Bertz CT molecular complexity index is 703. The Morgan fingerprint density at radius 2 is 2.10 bits per heavy atom. The Balaban J connectivity index is 2.31. The number of aromatic carboxylic acids is 1. The van der Waals surface area contributed by atoms with Crippen LogP contribution < -0.4 is 10.1 Å². The van der Waals surface area contributed by atoms with E-state index in [9.17, 15) is 9.59 Å². The fraction of sp³-hybridized carbons (Fsp3) is 0.0714. The summed E-state index contributed by atoms with van der Waals surface area (Å²) in [5.41, 5.74) is 0.442. The van der Waals surface area contributed by atoms with Gasteiger partial charge in [-0.25, -0.2) is 9.78 Å². The van der Waals surface area contributed by atoms with Crippen molar-refractivity contribution in [3.8, 4) is 5.88 Å². The lowest BCUT2D eigenvalue weighted by molar-refractivity contribution is 0.0696. The van der Waals surface area contributed by atoms with Crippen molar-refractivity contribution in [1.29, 1.82) is 0 Å². The Morgan fingerprint density at radius 1 is 1.33 bits per heavy atom. The second kappa shape index (κ2) is 6.23. The summed E-state index contributed by atoms with van der Waals surface area (Å²) in [7, 11) is 1.40. The van der Waals surface area contributed by atoms with Crippen LogP contribution in [0.4, 0.5) is 5.69 Å². The van der Waals surface area contributed by atoms with Crippen LogP contribution in [0.5, 0.6) is 5.88 Å². The largest absolute Gasteiger partial charge is 0.480 e. The molecule has 0 fully saturated rings. The molecule has 2 rings (SSSR count). The van der Waals surface area contributed by atoms with Crippen molar-refractivity contribution in [2.75, 3.05) is 12.4 Å². The van der Waals surface area contributed by atoms with Crippen LogP contribution in [0.1, 0.15) is 20.7 Å². The molecule has 108 valence electrons. The number of carboxylic acids is 1. The number of hydrogen-bond acceptors (Lipinski definition) is 4. The van der Waals surface area contributed by atoms with Crippen LogP contribution in [0, 0.1) is 0 Å². The van der Waals surface area contributed by atoms with Gasteiger partial charge in [0.1, 0.15) is 5.56 Å². The lowest BCUT2D eigenvalue weighted by Crippen LogP contribution is -2.14. The maximum Gasteiger partial charge on any atom is 0.335 e. The molecule has 0 aliphatic heterocycles. The predicted molar refractivity (Wildman–Crippen MR) is 77.2 cm³/mol. The molecule has 7 heteroatoms. The van der Waals surface area contributed by atoms with E-state index >= 15 is 0 Å². The van der Waals surface area contributed by atoms with Gasteiger partial charge in [-0.1, -0.05) is 11.6 Å². The van der Waals surface area contributed by atoms with Crippen LogP contribution in [0.15, 0.2) is 36.5 Å². The van der Waals surface area contributed by atoms with Crippen molar-refractivity contribution in [2.45, 2.75) is 0 Å². The molecule has 0 atom stereocenters. The van der Waals surface area contributed by atoms with Gasteiger partial charge in [0.25, 0.3) is 5.91 Å². The van der Waals surface area contributed by atoms with Gasteiger partial charge in [-0.05, 0) is 30.3 Å². The average molecular weight is 307 g/mol. The maximum atomic E-state index is 12.2. The quantitative estimate of drug-likeness (QED) is 0.906. The molecule has 0 aliphatic rings. The third-order valence-corrected chi connectivity index (χ3v) is 3.00. The van der Waals surface area contributed by atoms with Crippen molar-refractivity contribution in [2.24, 2.45) is 0 Å². The molecule has 0 spiro atoms. The maximum absolute atomic E-state index is 12.2. The van der Waals surface area contributed by atoms with Gasteiger partial charge in [-0.15, -0.1) is 0 Å². The molecule has 2 aromatic rings. The van der Waals surface area contributed by atoms with Crippen molar-refractivity contribution < 1.29 is 19.4 Å². The van der Waals surface area contributed by atoms with Gasteiger partial charge in [0, 0.05) is 6.20 Å². The highest BCUT2D eigenvalue weighted by atomic mass is 35.5. The Morgan fingerprint density at radius 3 is 2.76 bits per heavy atom. The summed E-state index contributed by atoms with van der Waals surface area (Å²) in [4.78, 5) is 27.0. The number of carbonyl (C=O) groups is 2. The number of pyridine rings is 1. The van der Waals surface area contributed by atoms with Crippen molar-refractivity contribution in [1.82, 2.24) is 4.98 Å². The van der Waals surface area contributed by atoms with E-state index in [1.165, 1.54) is 37.6 Å². The Hall–Kier alpha value is -2.60. The summed E-state index contributed by atoms with van der Waals surface area (Å²) in [6, 6.07) is 7.17. The van der Waals surface area contributed by atoms with Crippen molar-refractivity contribution >= 4 is 29.2 Å². The Labute approximate surface area is 125 Å². The van der Waals surface area contributed by atoms with Crippen LogP contribution >= 0.6 is 11.6 Å². The number of hydrogen-bond donors (Lipinski definition) is 2. The van der Waals surface area contributed by atoms with Crippen molar-refractivity contribution in [3.63, 3.8) is 0 Å². The minimum atomic E-state index is -1.11. The summed E-state index contributed by atoms with van der Waals surface area (Å²) >= 11 is 5.95. The van der Waals surface area contributed by atoms with E-state index in [4.69, 9.17) is 21.4 Å². The van der Waals surface area contributed by atoms with Crippen LogP contribution in [-0.2, 0) is 0 Å². The lowest BCUT2D eigenvalue weighted by Gasteiger charge is -2.10. The molecule has 0 radical (unpaired) electrons. The zero-order valence-electron chi connectivity index (χ0n) is 11.0. The average Bonchev–Trinajstić information content (AvgIpc) is 2.49. The topological polar surface area (TPSA) is 88.5 Å². The molecule has 1 aromatic heterocycles. The van der Waals surface area contributed by atoms with Gasteiger partial charge in [0.05, 0.1) is 23.4 Å². The first-order valence-electron chi connectivity index (χ1n) is 5.86. The number of carbonyl (C=O) groups excluding carboxylic acids is 1. The van der Waals surface area contributed by atoms with Crippen molar-refractivity contribution in [3.05, 3.63) is 52.7 Å². The summed E-state index contributed by atoms with van der Waals surface area (Å²) in [6.45, 7) is 0. The highest BCUT2D eigenvalue weighted by Crippen LogP contribution is 2.25. The number of rotatable bonds is 4. The van der Waals surface area contributed by atoms with Crippen LogP contribution in [0.25, 0.3) is 0 Å². The van der Waals surface area contributed by atoms with E-state index in [1.807, 2.05) is 0 Å². The smallest absolute Gasteiger partial charge is 0.335 e. The second-order valence-corrected chi connectivity index (χ2v) is 4.42. The SMILES string of the molecule is COc1ncccc1C(=O)Nc1cc(C(=O)O)ccc1Cl. The van der Waals surface area contributed by atoms with Crippen LogP contribution in [0.2, 0.25) is 5.02 Å². The number of anilines is 1. The van der Waals surface area contributed by atoms with Gasteiger partial charge in [-0.3, -0.25) is 4.79 Å². The minimum Gasteiger partial charge on any atom is -0.480 e. The third kappa shape index (κ3) is 3.29. The first-order chi connectivity index (χ1) is 10.0. The molecule has 0 aliphatic carbocycles. The third-order valence-electron chi connectivity index (χ3n) is 2.67. The van der Waals surface area contributed by atoms with E-state index in [0.29, 0.717) is 0 Å². The van der Waals surface area contributed by atoms with E-state index < -0.39 is 11.9 Å². The first kappa shape index (κ1) is 14.8. The summed E-state index contributed by atoms with van der Waals surface area (Å²) in [6.07, 6.45) is 1.49. The monoisotopic (exact) mass is 306 g/mol. The highest BCUT2D eigenvalue weighted by molar-refractivity contribution is 6.34. The summed E-state index contributed by atoms with van der Waals surface area (Å²) in [5, 5.41) is 11.7. The number of ether oxygens (including phenoxy) is 1. The normalized spacial score (nSPS) is 10.0. The molecule has 1 aromatic carbocycles. The number of methoxy groups -OCH3 is 1. The minimum absolute atomic E-state index is 0.0212. The number of nitrogens with zero attached hydrogens (tertiary/aromatic N) is 1. The number of carboxylic acid groups (broad SMARTS) is 1. The van der Waals surface area contributed by atoms with E-state index in [1.54, 1.807) is 6.07 Å². The number of amides is 1. The number of aromatic nitrogens is 1. The molecule has 6 nitrogen and oxygen atoms in total. The van der Waals surface area contributed by atoms with Crippen LogP contribution in [-0.4, -0.2) is 29.1 Å². The molecule has 0 bridgehead atoms. The molecular formula is C14H11ClN2O4. The predicted octanol–water partition coefficient (Wildman–Crippen LogP) is 2.69. The van der Waals surface area contributed by atoms with Gasteiger partial charge in [0.15, 0.2) is 0 Å².